The van der Waals surface area contributed by atoms with E-state index in [1.807, 2.05) is 65.0 Å². The molecule has 11 heteroatoms. The molecule has 47 heavy (non-hydrogen) atoms. The predicted molar refractivity (Wildman–Crippen MR) is 182 cm³/mol. The van der Waals surface area contributed by atoms with E-state index in [1.165, 1.54) is 4.90 Å². The van der Waals surface area contributed by atoms with E-state index in [-0.39, 0.29) is 36.2 Å². The number of halogens is 1. The van der Waals surface area contributed by atoms with Crippen molar-refractivity contribution in [2.45, 2.75) is 107 Å². The average molecular weight is 717 g/mol. The second-order valence-electron chi connectivity index (χ2n) is 13.9. The molecule has 3 heterocycles. The van der Waals surface area contributed by atoms with Crippen molar-refractivity contribution in [2.24, 2.45) is 11.8 Å². The Bertz CT molecular complexity index is 1350. The van der Waals surface area contributed by atoms with Crippen LogP contribution < -0.4 is 0 Å². The normalized spacial score (nSPS) is 28.3. The van der Waals surface area contributed by atoms with Crippen LogP contribution in [0.3, 0.4) is 0 Å². The van der Waals surface area contributed by atoms with Crippen LogP contribution in [0.15, 0.2) is 55.6 Å². The van der Waals surface area contributed by atoms with Crippen LogP contribution in [0.1, 0.15) is 72.0 Å². The van der Waals surface area contributed by atoms with Crippen LogP contribution in [0.5, 0.6) is 0 Å². The van der Waals surface area contributed by atoms with Crippen LogP contribution in [0.2, 0.25) is 0 Å². The molecular weight excluding hydrogens is 666 g/mol. The van der Waals surface area contributed by atoms with Gasteiger partial charge >= 0.3 is 5.97 Å². The van der Waals surface area contributed by atoms with E-state index in [0.29, 0.717) is 24.8 Å². The lowest BCUT2D eigenvalue weighted by atomic mass is 9.70. The fourth-order valence-corrected chi connectivity index (χ4v) is 8.46. The number of carbonyl (C=O) groups is 4. The molecule has 3 amide bonds. The smallest absolute Gasteiger partial charge is 0.313 e. The molecule has 2 bridgehead atoms. The quantitative estimate of drug-likeness (QED) is 0.172. The highest BCUT2D eigenvalue weighted by Crippen LogP contribution is 2.61. The van der Waals surface area contributed by atoms with Crippen molar-refractivity contribution in [3.05, 3.63) is 61.2 Å². The number of benzene rings is 1. The minimum atomic E-state index is -1.31. The third kappa shape index (κ3) is 6.68. The van der Waals surface area contributed by atoms with Gasteiger partial charge in [-0.2, -0.15) is 0 Å². The zero-order valence-electron chi connectivity index (χ0n) is 28.4. The van der Waals surface area contributed by atoms with Gasteiger partial charge in [0.25, 0.3) is 0 Å². The Morgan fingerprint density at radius 3 is 2.43 bits per heavy atom. The molecule has 0 radical (unpaired) electrons. The van der Waals surface area contributed by atoms with Crippen molar-refractivity contribution in [2.75, 3.05) is 20.2 Å². The number of esters is 1. The maximum atomic E-state index is 14.6. The molecule has 4 rings (SSSR count). The molecule has 1 aromatic carbocycles. The molecular formula is C36H50BrN3O7. The van der Waals surface area contributed by atoms with Gasteiger partial charge in [-0.3, -0.25) is 19.2 Å². The number of fused-ring (bicyclic) bond motifs is 1. The number of nitrogens with zero attached hydrogens (tertiary/aromatic N) is 3. The van der Waals surface area contributed by atoms with E-state index in [2.05, 4.69) is 29.1 Å². The molecule has 1 N–H and O–H groups in total. The minimum Gasteiger partial charge on any atom is -0.455 e. The second-order valence-corrected chi connectivity index (χ2v) is 15.1. The molecule has 9 atom stereocenters. The molecule has 3 aliphatic heterocycles. The predicted octanol–water partition coefficient (Wildman–Crippen LogP) is 4.42. The van der Waals surface area contributed by atoms with Gasteiger partial charge in [0.1, 0.15) is 17.7 Å². The maximum Gasteiger partial charge on any atom is 0.313 e. The lowest BCUT2D eigenvalue weighted by Crippen LogP contribution is -2.61. The molecule has 3 saturated heterocycles. The number of aliphatic hydroxyl groups is 1. The highest BCUT2D eigenvalue weighted by molar-refractivity contribution is 9.09. The van der Waals surface area contributed by atoms with E-state index in [1.54, 1.807) is 29.0 Å². The SMILES string of the molecule is C=CCCC(=O)N(C)[C@@H](C)[C@@H](OC(=O)[C@H]1[C@@H]2O[C@@]3(CC2Br)[C@@H]1C(=O)N([C@@H](CC)CO)[C@@H]3C(=O)N(CC=C)C(C)(C)C)c1ccccc1. The first-order valence-electron chi connectivity index (χ1n) is 16.5. The van der Waals surface area contributed by atoms with Gasteiger partial charge in [-0.1, -0.05) is 65.3 Å². The number of hydrogen-bond donors (Lipinski definition) is 1. The van der Waals surface area contributed by atoms with Crippen molar-refractivity contribution in [3.8, 4) is 0 Å². The summed E-state index contributed by atoms with van der Waals surface area (Å²) in [7, 11) is 1.68. The summed E-state index contributed by atoms with van der Waals surface area (Å²) in [5, 5.41) is 10.4. The Morgan fingerprint density at radius 2 is 1.87 bits per heavy atom. The van der Waals surface area contributed by atoms with Gasteiger partial charge in [-0.25, -0.2) is 0 Å². The van der Waals surface area contributed by atoms with Gasteiger partial charge in [0.2, 0.25) is 17.7 Å². The number of amides is 3. The van der Waals surface area contributed by atoms with E-state index in [9.17, 15) is 24.3 Å². The molecule has 258 valence electrons. The lowest BCUT2D eigenvalue weighted by Gasteiger charge is -2.43. The number of likely N-dealkylation sites (N-methyl/N-ethyl adjacent to an activating group) is 1. The number of carbonyl (C=O) groups excluding carboxylic acids is 4. The number of alkyl halides is 1. The summed E-state index contributed by atoms with van der Waals surface area (Å²) in [5.41, 5.74) is -1.21. The molecule has 3 aliphatic rings. The van der Waals surface area contributed by atoms with Crippen molar-refractivity contribution in [1.82, 2.24) is 14.7 Å². The van der Waals surface area contributed by atoms with Gasteiger partial charge < -0.3 is 29.3 Å². The van der Waals surface area contributed by atoms with Crippen LogP contribution in [0.25, 0.3) is 0 Å². The number of rotatable bonds is 14. The van der Waals surface area contributed by atoms with Crippen LogP contribution in [-0.4, -0.2) is 104 Å². The van der Waals surface area contributed by atoms with Crippen LogP contribution in [-0.2, 0) is 28.7 Å². The Hall–Kier alpha value is -3.02. The van der Waals surface area contributed by atoms with Crippen molar-refractivity contribution in [3.63, 3.8) is 0 Å². The number of aliphatic hydroxyl groups excluding tert-OH is 1. The highest BCUT2D eigenvalue weighted by atomic mass is 79.9. The van der Waals surface area contributed by atoms with Crippen LogP contribution in [0, 0.1) is 11.8 Å². The summed E-state index contributed by atoms with van der Waals surface area (Å²) in [6.45, 7) is 16.9. The Balaban J connectivity index is 1.76. The molecule has 0 aromatic heterocycles. The Morgan fingerprint density at radius 1 is 1.21 bits per heavy atom. The first kappa shape index (κ1) is 36.8. The largest absolute Gasteiger partial charge is 0.455 e. The van der Waals surface area contributed by atoms with E-state index >= 15 is 0 Å². The summed E-state index contributed by atoms with van der Waals surface area (Å²) in [4.78, 5) is 61.0. The zero-order valence-corrected chi connectivity index (χ0v) is 30.0. The highest BCUT2D eigenvalue weighted by Gasteiger charge is 2.77. The fraction of sp³-hybridized carbons (Fsp3) is 0.611. The maximum absolute atomic E-state index is 14.6. The van der Waals surface area contributed by atoms with E-state index in [4.69, 9.17) is 9.47 Å². The average Bonchev–Trinajstić information content (AvgIpc) is 3.64. The first-order valence-corrected chi connectivity index (χ1v) is 17.4. The van der Waals surface area contributed by atoms with Crippen molar-refractivity contribution < 1.29 is 33.8 Å². The first-order chi connectivity index (χ1) is 22.2. The summed E-state index contributed by atoms with van der Waals surface area (Å²) < 4.78 is 13.0. The van der Waals surface area contributed by atoms with E-state index < -0.39 is 65.2 Å². The second kappa shape index (κ2) is 14.6. The topological polar surface area (TPSA) is 117 Å². The standard InChI is InChI=1S/C36H50BrN3O7/c1-9-12-18-26(42)38(8)22(4)29(23-16-14-13-15-17-23)46-34(45)27-28-32(43)40(24(11-3)21-41)31(36(28)20-25(37)30(27)47-36)33(44)39(19-10-2)35(5,6)7/h9-10,13-17,22,24-25,27-31,41H,1-2,11-12,18-21H2,3-8H3/t22-,24-,25?,27+,28-,29+,30+,31+,36-/m0/s1. The summed E-state index contributed by atoms with van der Waals surface area (Å²) in [6, 6.07) is 6.97. The molecule has 1 unspecified atom stereocenters. The van der Waals surface area contributed by atoms with Crippen molar-refractivity contribution >= 4 is 39.6 Å². The Kier molecular flexibility index (Phi) is 11.4. The molecule has 1 aromatic rings. The van der Waals surface area contributed by atoms with Crippen LogP contribution in [0.4, 0.5) is 0 Å². The number of hydrogen-bond acceptors (Lipinski definition) is 7. The Labute approximate surface area is 287 Å². The number of likely N-dealkylation sites (tertiary alicyclic amines) is 1. The van der Waals surface area contributed by atoms with E-state index in [0.717, 1.165) is 0 Å². The zero-order chi connectivity index (χ0) is 34.8. The molecule has 0 aliphatic carbocycles. The third-order valence-corrected chi connectivity index (χ3v) is 10.9. The summed E-state index contributed by atoms with van der Waals surface area (Å²) in [5.74, 6) is -3.47. The minimum absolute atomic E-state index is 0.113. The van der Waals surface area contributed by atoms with Crippen LogP contribution >= 0.6 is 15.9 Å². The van der Waals surface area contributed by atoms with Gasteiger partial charge in [-0.15, -0.1) is 13.2 Å². The third-order valence-electron chi connectivity index (χ3n) is 10.1. The van der Waals surface area contributed by atoms with Crippen molar-refractivity contribution in [1.29, 1.82) is 0 Å². The van der Waals surface area contributed by atoms with Gasteiger partial charge in [-0.05, 0) is 52.5 Å². The molecule has 0 saturated carbocycles. The summed E-state index contributed by atoms with van der Waals surface area (Å²) in [6.07, 6.45) is 3.31. The van der Waals surface area contributed by atoms with Gasteiger partial charge in [0, 0.05) is 30.4 Å². The van der Waals surface area contributed by atoms with Gasteiger partial charge in [0.15, 0.2) is 0 Å². The molecule has 3 fully saturated rings. The molecule has 10 nitrogen and oxygen atoms in total. The molecule has 1 spiro atoms. The van der Waals surface area contributed by atoms with Gasteiger partial charge in [0.05, 0.1) is 36.6 Å². The fourth-order valence-electron chi connectivity index (χ4n) is 7.52. The number of allylic oxidation sites excluding steroid dienone is 1. The number of ether oxygens (including phenoxy) is 2. The summed E-state index contributed by atoms with van der Waals surface area (Å²) >= 11 is 3.72. The monoisotopic (exact) mass is 715 g/mol. The lowest BCUT2D eigenvalue weighted by molar-refractivity contribution is -0.165.